The predicted octanol–water partition coefficient (Wildman–Crippen LogP) is 4.10. The number of amides is 1. The number of likely N-dealkylation sites (tertiary alicyclic amines) is 1. The molecule has 0 saturated carbocycles. The van der Waals surface area contributed by atoms with Gasteiger partial charge in [-0.3, -0.25) is 4.79 Å². The van der Waals surface area contributed by atoms with Crippen LogP contribution in [0.25, 0.3) is 5.69 Å². The second-order valence-electron chi connectivity index (χ2n) is 7.68. The Kier molecular flexibility index (Phi) is 3.97. The van der Waals surface area contributed by atoms with Crippen LogP contribution in [0.4, 0.5) is 10.1 Å². The zero-order valence-electron chi connectivity index (χ0n) is 15.6. The van der Waals surface area contributed by atoms with E-state index in [9.17, 15) is 9.18 Å². The Labute approximate surface area is 163 Å². The van der Waals surface area contributed by atoms with Crippen LogP contribution < -0.4 is 5.32 Å². The van der Waals surface area contributed by atoms with Gasteiger partial charge in [-0.25, -0.2) is 4.39 Å². The van der Waals surface area contributed by atoms with Gasteiger partial charge in [-0.05, 0) is 48.7 Å². The van der Waals surface area contributed by atoms with Crippen molar-refractivity contribution in [2.24, 2.45) is 0 Å². The summed E-state index contributed by atoms with van der Waals surface area (Å²) in [7, 11) is 0. The maximum absolute atomic E-state index is 13.8. The number of halogens is 1. The fraction of sp³-hybridized carbons (Fsp3) is 0.261. The van der Waals surface area contributed by atoms with Crippen molar-refractivity contribution in [1.29, 1.82) is 0 Å². The lowest BCUT2D eigenvalue weighted by Gasteiger charge is -2.46. The fourth-order valence-corrected chi connectivity index (χ4v) is 4.52. The molecule has 2 aliphatic rings. The first-order valence-electron chi connectivity index (χ1n) is 9.72. The van der Waals surface area contributed by atoms with Gasteiger partial charge in [-0.1, -0.05) is 30.3 Å². The van der Waals surface area contributed by atoms with Crippen molar-refractivity contribution in [2.45, 2.75) is 24.8 Å². The van der Waals surface area contributed by atoms with Crippen LogP contribution in [0, 0.1) is 5.82 Å². The Morgan fingerprint density at radius 3 is 2.61 bits per heavy atom. The van der Waals surface area contributed by atoms with Gasteiger partial charge in [0, 0.05) is 25.0 Å². The normalized spacial score (nSPS) is 17.0. The van der Waals surface area contributed by atoms with Crippen LogP contribution in [-0.2, 0) is 16.8 Å². The molecule has 142 valence electrons. The molecule has 4 nitrogen and oxygen atoms in total. The Bertz CT molecular complexity index is 1020. The molecule has 1 N–H and O–H groups in total. The zero-order chi connectivity index (χ0) is 19.1. The number of nitrogens with zero attached hydrogens (tertiary/aromatic N) is 2. The average molecular weight is 375 g/mol. The summed E-state index contributed by atoms with van der Waals surface area (Å²) in [6.07, 6.45) is 4.06. The number of anilines is 1. The summed E-state index contributed by atoms with van der Waals surface area (Å²) in [5, 5.41) is 3.61. The molecule has 3 aromatic rings. The highest BCUT2D eigenvalue weighted by molar-refractivity contribution is 5.79. The third-order valence-electron chi connectivity index (χ3n) is 6.00. The third-order valence-corrected chi connectivity index (χ3v) is 6.00. The van der Waals surface area contributed by atoms with Gasteiger partial charge in [0.25, 0.3) is 0 Å². The first-order valence-corrected chi connectivity index (χ1v) is 9.72. The van der Waals surface area contributed by atoms with Gasteiger partial charge in [-0.2, -0.15) is 0 Å². The molecule has 28 heavy (non-hydrogen) atoms. The Morgan fingerprint density at radius 2 is 1.82 bits per heavy atom. The lowest BCUT2D eigenvalue weighted by molar-refractivity contribution is -0.132. The predicted molar refractivity (Wildman–Crippen MR) is 107 cm³/mol. The van der Waals surface area contributed by atoms with Crippen molar-refractivity contribution in [2.75, 3.05) is 18.4 Å². The topological polar surface area (TPSA) is 37.3 Å². The molecule has 5 heteroatoms. The lowest BCUT2D eigenvalue weighted by atomic mass is 9.82. The highest BCUT2D eigenvalue weighted by Gasteiger charge is 2.42. The van der Waals surface area contributed by atoms with Crippen LogP contribution in [-0.4, -0.2) is 28.5 Å². The highest BCUT2D eigenvalue weighted by atomic mass is 19.1. The monoisotopic (exact) mass is 375 g/mol. The summed E-state index contributed by atoms with van der Waals surface area (Å²) >= 11 is 0. The SMILES string of the molecule is O=C(Cc1ccccc1)N1CCC2(CC1)Nc1cc(F)ccc1-n1cccc12. The zero-order valence-corrected chi connectivity index (χ0v) is 15.6. The molecule has 1 amide bonds. The van der Waals surface area contributed by atoms with E-state index in [1.165, 1.54) is 11.8 Å². The molecule has 1 fully saturated rings. The van der Waals surface area contributed by atoms with Crippen molar-refractivity contribution in [3.05, 3.63) is 83.9 Å². The number of hydrogen-bond acceptors (Lipinski definition) is 2. The summed E-state index contributed by atoms with van der Waals surface area (Å²) in [5.74, 6) is -0.0776. The number of benzene rings is 2. The van der Waals surface area contributed by atoms with E-state index in [2.05, 4.69) is 16.0 Å². The molecule has 3 heterocycles. The van der Waals surface area contributed by atoms with Crippen LogP contribution in [0.2, 0.25) is 0 Å². The molecule has 0 unspecified atom stereocenters. The molecular formula is C23H22FN3O. The molecule has 1 spiro atoms. The van der Waals surface area contributed by atoms with E-state index in [1.54, 1.807) is 6.07 Å². The standard InChI is InChI=1S/C23H22FN3O/c24-18-8-9-20-19(16-18)25-23(21-7-4-12-27(20)21)10-13-26(14-11-23)22(28)15-17-5-2-1-3-6-17/h1-9,12,16,25H,10-11,13-15H2. The number of fused-ring (bicyclic) bond motifs is 4. The molecule has 1 aromatic heterocycles. The number of carbonyl (C=O) groups excluding carboxylic acids is 1. The molecule has 0 bridgehead atoms. The molecule has 0 radical (unpaired) electrons. The summed E-state index contributed by atoms with van der Waals surface area (Å²) in [5.41, 5.74) is 3.74. The Morgan fingerprint density at radius 1 is 1.04 bits per heavy atom. The molecule has 0 atom stereocenters. The minimum Gasteiger partial charge on any atom is -0.372 e. The third kappa shape index (κ3) is 2.78. The van der Waals surface area contributed by atoms with Crippen LogP contribution in [0.15, 0.2) is 66.9 Å². The quantitative estimate of drug-likeness (QED) is 0.732. The molecule has 1 saturated heterocycles. The Balaban J connectivity index is 1.37. The first kappa shape index (κ1) is 17.0. The molecular weight excluding hydrogens is 353 g/mol. The summed E-state index contributed by atoms with van der Waals surface area (Å²) in [4.78, 5) is 14.7. The maximum Gasteiger partial charge on any atom is 0.226 e. The van der Waals surface area contributed by atoms with E-state index in [4.69, 9.17) is 0 Å². The lowest BCUT2D eigenvalue weighted by Crippen LogP contribution is -2.51. The van der Waals surface area contributed by atoms with Crippen molar-refractivity contribution in [3.8, 4) is 5.69 Å². The van der Waals surface area contributed by atoms with Crippen molar-refractivity contribution >= 4 is 11.6 Å². The largest absolute Gasteiger partial charge is 0.372 e. The van der Waals surface area contributed by atoms with Crippen molar-refractivity contribution in [3.63, 3.8) is 0 Å². The van der Waals surface area contributed by atoms with Gasteiger partial charge in [0.1, 0.15) is 5.82 Å². The second kappa shape index (κ2) is 6.51. The molecule has 2 aliphatic heterocycles. The second-order valence-corrected chi connectivity index (χ2v) is 7.68. The van der Waals surface area contributed by atoms with E-state index in [0.29, 0.717) is 19.5 Å². The van der Waals surface area contributed by atoms with Gasteiger partial charge in [0.05, 0.1) is 23.3 Å². The average Bonchev–Trinajstić information content (AvgIpc) is 3.20. The van der Waals surface area contributed by atoms with Gasteiger partial charge in [0.2, 0.25) is 5.91 Å². The van der Waals surface area contributed by atoms with Gasteiger partial charge < -0.3 is 14.8 Å². The van der Waals surface area contributed by atoms with E-state index in [-0.39, 0.29) is 17.3 Å². The van der Waals surface area contributed by atoms with Crippen LogP contribution >= 0.6 is 0 Å². The van der Waals surface area contributed by atoms with Gasteiger partial charge in [-0.15, -0.1) is 0 Å². The van der Waals surface area contributed by atoms with E-state index in [0.717, 1.165) is 29.8 Å². The number of nitrogens with one attached hydrogen (secondary N) is 1. The number of aromatic nitrogens is 1. The molecule has 5 rings (SSSR count). The minimum atomic E-state index is -0.270. The van der Waals surface area contributed by atoms with E-state index >= 15 is 0 Å². The molecule has 0 aliphatic carbocycles. The number of hydrogen-bond donors (Lipinski definition) is 1. The summed E-state index contributed by atoms with van der Waals surface area (Å²) < 4.78 is 16.0. The summed E-state index contributed by atoms with van der Waals surface area (Å²) in [6, 6.07) is 18.9. The van der Waals surface area contributed by atoms with E-state index < -0.39 is 0 Å². The van der Waals surface area contributed by atoms with Crippen LogP contribution in [0.3, 0.4) is 0 Å². The number of carbonyl (C=O) groups is 1. The Hall–Kier alpha value is -3.08. The number of piperidine rings is 1. The van der Waals surface area contributed by atoms with Gasteiger partial charge >= 0.3 is 0 Å². The van der Waals surface area contributed by atoms with Gasteiger partial charge in [0.15, 0.2) is 0 Å². The van der Waals surface area contributed by atoms with Crippen molar-refractivity contribution < 1.29 is 9.18 Å². The highest BCUT2D eigenvalue weighted by Crippen LogP contribution is 2.43. The first-order chi connectivity index (χ1) is 13.6. The van der Waals surface area contributed by atoms with E-state index in [1.807, 2.05) is 53.6 Å². The fourth-order valence-electron chi connectivity index (χ4n) is 4.52. The van der Waals surface area contributed by atoms with Crippen LogP contribution in [0.5, 0.6) is 0 Å². The minimum absolute atomic E-state index is 0.165. The smallest absolute Gasteiger partial charge is 0.226 e. The van der Waals surface area contributed by atoms with Crippen LogP contribution in [0.1, 0.15) is 24.1 Å². The maximum atomic E-state index is 13.8. The van der Waals surface area contributed by atoms with Crippen molar-refractivity contribution in [1.82, 2.24) is 9.47 Å². The summed E-state index contributed by atoms with van der Waals surface area (Å²) in [6.45, 7) is 1.38. The molecule has 2 aromatic carbocycles. The number of rotatable bonds is 2.